The summed E-state index contributed by atoms with van der Waals surface area (Å²) in [5.74, 6) is -1.43. The summed E-state index contributed by atoms with van der Waals surface area (Å²) in [5.41, 5.74) is 1.78. The van der Waals surface area contributed by atoms with Gasteiger partial charge in [-0.15, -0.1) is 0 Å². The summed E-state index contributed by atoms with van der Waals surface area (Å²) in [6.07, 6.45) is 0.347. The first kappa shape index (κ1) is 12.1. The first-order valence-electron chi connectivity index (χ1n) is 6.74. The van der Waals surface area contributed by atoms with Gasteiger partial charge in [-0.1, -0.05) is 25.1 Å². The predicted octanol–water partition coefficient (Wildman–Crippen LogP) is 2.91. The molecule has 2 heterocycles. The van der Waals surface area contributed by atoms with Crippen LogP contribution in [0.5, 0.6) is 0 Å². The van der Waals surface area contributed by atoms with Gasteiger partial charge >= 0.3 is 0 Å². The van der Waals surface area contributed by atoms with Gasteiger partial charge in [-0.25, -0.2) is 4.39 Å². The Hall–Kier alpha value is -2.69. The minimum atomic E-state index is -0.516. The van der Waals surface area contributed by atoms with Crippen molar-refractivity contribution in [3.63, 3.8) is 0 Å². The van der Waals surface area contributed by atoms with Crippen LogP contribution in [0.25, 0.3) is 21.8 Å². The van der Waals surface area contributed by atoms with E-state index < -0.39 is 17.6 Å². The summed E-state index contributed by atoms with van der Waals surface area (Å²) in [5, 5.41) is 3.50. The molecule has 1 aliphatic heterocycles. The van der Waals surface area contributed by atoms with Crippen molar-refractivity contribution in [2.45, 2.75) is 13.3 Å². The van der Waals surface area contributed by atoms with E-state index >= 15 is 0 Å². The van der Waals surface area contributed by atoms with E-state index in [-0.39, 0.29) is 22.2 Å². The zero-order valence-electron chi connectivity index (χ0n) is 11.2. The van der Waals surface area contributed by atoms with E-state index in [1.807, 2.05) is 24.3 Å². The Morgan fingerprint density at radius 2 is 1.81 bits per heavy atom. The number of nitrogens with one attached hydrogen (secondary N) is 2. The van der Waals surface area contributed by atoms with Crippen LogP contribution in [0.2, 0.25) is 0 Å². The van der Waals surface area contributed by atoms with Crippen molar-refractivity contribution >= 4 is 33.6 Å². The molecule has 0 fully saturated rings. The van der Waals surface area contributed by atoms with Gasteiger partial charge in [-0.2, -0.15) is 0 Å². The molecule has 0 spiro atoms. The van der Waals surface area contributed by atoms with Gasteiger partial charge < -0.3 is 4.98 Å². The predicted molar refractivity (Wildman–Crippen MR) is 76.9 cm³/mol. The molecule has 2 aromatic carbocycles. The first-order chi connectivity index (χ1) is 10.1. The number of H-pyrrole nitrogens is 1. The molecule has 21 heavy (non-hydrogen) atoms. The lowest BCUT2D eigenvalue weighted by Gasteiger charge is -2.07. The third kappa shape index (κ3) is 1.38. The molecule has 4 rings (SSSR count). The number of aromatic nitrogens is 1. The molecule has 0 bridgehead atoms. The van der Waals surface area contributed by atoms with Gasteiger partial charge in [0.25, 0.3) is 11.8 Å². The standard InChI is InChI=1S/C16H11FN2O2/c1-2-7-11-12(16(21)19-15(11)20)10-8-5-3-4-6-9(8)18-14(10)13(7)17/h3-6,18H,2H2,1H3,(H,19,20,21). The second-order valence-electron chi connectivity index (χ2n) is 5.10. The molecular formula is C16H11FN2O2. The van der Waals surface area contributed by atoms with E-state index in [4.69, 9.17) is 0 Å². The van der Waals surface area contributed by atoms with Gasteiger partial charge in [0.1, 0.15) is 0 Å². The maximum Gasteiger partial charge on any atom is 0.259 e. The van der Waals surface area contributed by atoms with Crippen molar-refractivity contribution in [3.05, 3.63) is 46.8 Å². The van der Waals surface area contributed by atoms with Gasteiger partial charge in [0, 0.05) is 21.9 Å². The smallest absolute Gasteiger partial charge is 0.259 e. The molecule has 0 saturated heterocycles. The molecule has 1 aliphatic rings. The molecule has 104 valence electrons. The van der Waals surface area contributed by atoms with E-state index in [1.165, 1.54) is 0 Å². The van der Waals surface area contributed by atoms with Crippen molar-refractivity contribution in [3.8, 4) is 0 Å². The van der Waals surface area contributed by atoms with Gasteiger partial charge in [0.2, 0.25) is 0 Å². The van der Waals surface area contributed by atoms with E-state index in [9.17, 15) is 14.0 Å². The minimum absolute atomic E-state index is 0.178. The molecule has 0 unspecified atom stereocenters. The highest BCUT2D eigenvalue weighted by Crippen LogP contribution is 2.37. The fraction of sp³-hybridized carbons (Fsp3) is 0.125. The first-order valence-corrected chi connectivity index (χ1v) is 6.74. The van der Waals surface area contributed by atoms with Crippen molar-refractivity contribution in [2.75, 3.05) is 0 Å². The zero-order chi connectivity index (χ0) is 14.7. The monoisotopic (exact) mass is 282 g/mol. The minimum Gasteiger partial charge on any atom is -0.352 e. The number of benzene rings is 2. The average molecular weight is 282 g/mol. The number of fused-ring (bicyclic) bond motifs is 5. The second kappa shape index (κ2) is 3.91. The summed E-state index contributed by atoms with van der Waals surface area (Å²) < 4.78 is 14.7. The van der Waals surface area contributed by atoms with Gasteiger partial charge in [0.05, 0.1) is 16.6 Å². The van der Waals surface area contributed by atoms with Gasteiger partial charge in [-0.05, 0) is 12.5 Å². The van der Waals surface area contributed by atoms with Crippen LogP contribution in [0.3, 0.4) is 0 Å². The van der Waals surface area contributed by atoms with E-state index in [0.717, 1.165) is 10.9 Å². The van der Waals surface area contributed by atoms with E-state index in [2.05, 4.69) is 10.3 Å². The van der Waals surface area contributed by atoms with Crippen molar-refractivity contribution in [1.82, 2.24) is 10.3 Å². The lowest BCUT2D eigenvalue weighted by Crippen LogP contribution is -2.20. The highest BCUT2D eigenvalue weighted by Gasteiger charge is 2.35. The number of carbonyl (C=O) groups is 2. The fourth-order valence-electron chi connectivity index (χ4n) is 3.14. The summed E-state index contributed by atoms with van der Waals surface area (Å²) in [7, 11) is 0. The number of para-hydroxylation sites is 1. The summed E-state index contributed by atoms with van der Waals surface area (Å²) in [4.78, 5) is 27.2. The Morgan fingerprint density at radius 1 is 1.10 bits per heavy atom. The summed E-state index contributed by atoms with van der Waals surface area (Å²) in [6.45, 7) is 1.77. The average Bonchev–Trinajstić information content (AvgIpc) is 2.98. The molecule has 2 amide bonds. The van der Waals surface area contributed by atoms with Crippen molar-refractivity contribution in [2.24, 2.45) is 0 Å². The fourth-order valence-corrected chi connectivity index (χ4v) is 3.14. The highest BCUT2D eigenvalue weighted by atomic mass is 19.1. The SMILES string of the molecule is CCc1c2c(c3c([nH]c4ccccc43)c1F)C(=O)NC2=O. The third-order valence-corrected chi connectivity index (χ3v) is 4.03. The molecule has 4 nitrogen and oxygen atoms in total. The third-order valence-electron chi connectivity index (χ3n) is 4.03. The number of hydrogen-bond donors (Lipinski definition) is 2. The number of halogens is 1. The number of aromatic amines is 1. The Bertz CT molecular complexity index is 956. The lowest BCUT2D eigenvalue weighted by molar-refractivity contribution is 0.0880. The molecule has 1 aromatic heterocycles. The lowest BCUT2D eigenvalue weighted by atomic mass is 9.95. The van der Waals surface area contributed by atoms with Gasteiger partial charge in [0.15, 0.2) is 5.82 Å². The maximum absolute atomic E-state index is 14.7. The molecule has 0 saturated carbocycles. The number of rotatable bonds is 1. The highest BCUT2D eigenvalue weighted by molar-refractivity contribution is 6.30. The maximum atomic E-state index is 14.7. The van der Waals surface area contributed by atoms with Crippen LogP contribution < -0.4 is 5.32 Å². The number of amides is 2. The van der Waals surface area contributed by atoms with Crippen LogP contribution in [0, 0.1) is 5.82 Å². The van der Waals surface area contributed by atoms with E-state index in [1.54, 1.807) is 6.92 Å². The van der Waals surface area contributed by atoms with Crippen LogP contribution in [-0.4, -0.2) is 16.8 Å². The molecule has 5 heteroatoms. The molecule has 0 atom stereocenters. The Morgan fingerprint density at radius 3 is 2.57 bits per heavy atom. The second-order valence-corrected chi connectivity index (χ2v) is 5.10. The van der Waals surface area contributed by atoms with Crippen LogP contribution in [-0.2, 0) is 6.42 Å². The molecule has 3 aromatic rings. The molecule has 2 N–H and O–H groups in total. The number of hydrogen-bond acceptors (Lipinski definition) is 2. The summed E-state index contributed by atoms with van der Waals surface area (Å²) in [6, 6.07) is 7.29. The van der Waals surface area contributed by atoms with E-state index in [0.29, 0.717) is 11.8 Å². The van der Waals surface area contributed by atoms with Crippen LogP contribution >= 0.6 is 0 Å². The Balaban J connectivity index is 2.34. The van der Waals surface area contributed by atoms with Crippen LogP contribution in [0.15, 0.2) is 24.3 Å². The largest absolute Gasteiger partial charge is 0.352 e. The number of carbonyl (C=O) groups excluding carboxylic acids is 2. The van der Waals surface area contributed by atoms with Crippen LogP contribution in [0.4, 0.5) is 4.39 Å². The van der Waals surface area contributed by atoms with Crippen molar-refractivity contribution in [1.29, 1.82) is 0 Å². The Kier molecular flexibility index (Phi) is 2.25. The molecule has 0 aliphatic carbocycles. The van der Waals surface area contributed by atoms with Gasteiger partial charge in [-0.3, -0.25) is 14.9 Å². The normalized spacial score (nSPS) is 14.0. The number of imide groups is 1. The molecule has 0 radical (unpaired) electrons. The van der Waals surface area contributed by atoms with Crippen LogP contribution in [0.1, 0.15) is 33.2 Å². The topological polar surface area (TPSA) is 62.0 Å². The molecular weight excluding hydrogens is 271 g/mol. The van der Waals surface area contributed by atoms with Crippen molar-refractivity contribution < 1.29 is 14.0 Å². The zero-order valence-corrected chi connectivity index (χ0v) is 11.2. The quantitative estimate of drug-likeness (QED) is 0.674. The Labute approximate surface area is 118 Å². The summed E-state index contributed by atoms with van der Waals surface area (Å²) >= 11 is 0.